The minimum atomic E-state index is -0.0346. The van der Waals surface area contributed by atoms with Crippen LogP contribution in [0, 0.1) is 22.7 Å². The first kappa shape index (κ1) is 25.7. The molecule has 4 aromatic rings. The van der Waals surface area contributed by atoms with E-state index in [1.165, 1.54) is 10.7 Å². The van der Waals surface area contributed by atoms with E-state index in [1.54, 1.807) is 19.2 Å². The smallest absolute Gasteiger partial charge is 0.247 e. The number of fused-ring (bicyclic) bond motifs is 1. The Labute approximate surface area is 235 Å². The average Bonchev–Trinajstić information content (AvgIpc) is 3.53. The van der Waals surface area contributed by atoms with Crippen LogP contribution in [-0.4, -0.2) is 51.9 Å². The molecule has 1 aliphatic carbocycles. The van der Waals surface area contributed by atoms with Crippen molar-refractivity contribution in [2.45, 2.75) is 38.0 Å². The number of hydrogen-bond donors (Lipinski definition) is 2. The van der Waals surface area contributed by atoms with Gasteiger partial charge in [-0.25, -0.2) is 4.98 Å². The number of ether oxygens (including phenoxy) is 2. The fourth-order valence-corrected chi connectivity index (χ4v) is 4.95. The number of benzene rings is 2. The fourth-order valence-electron chi connectivity index (χ4n) is 4.75. The monoisotopic (exact) mass is 555 g/mol. The molecule has 12 heteroatoms. The number of methoxy groups -OCH3 is 1. The lowest BCUT2D eigenvalue weighted by Crippen LogP contribution is -2.27. The fraction of sp³-hybridized carbons (Fsp3) is 0.321. The molecule has 2 fully saturated rings. The SMILES string of the molecule is COc1ccc(CN(c2nc(Nc3cc(C#N)cc(OC4CCNC4)c3Cl)nn3c(C#N)cnc23)C2CC2)cc1. The molecule has 2 aromatic carbocycles. The minimum absolute atomic E-state index is 0.0346. The number of imidazole rings is 1. The second kappa shape index (κ2) is 10.9. The maximum atomic E-state index is 9.73. The van der Waals surface area contributed by atoms with Gasteiger partial charge in [0.1, 0.15) is 28.7 Å². The largest absolute Gasteiger partial charge is 0.497 e. The van der Waals surface area contributed by atoms with E-state index in [-0.39, 0.29) is 23.8 Å². The van der Waals surface area contributed by atoms with Crippen LogP contribution in [0.4, 0.5) is 17.5 Å². The van der Waals surface area contributed by atoms with Crippen LogP contribution in [0.15, 0.2) is 42.6 Å². The molecule has 2 aromatic heterocycles. The van der Waals surface area contributed by atoms with Crippen molar-refractivity contribution in [2.24, 2.45) is 0 Å². The van der Waals surface area contributed by atoms with Gasteiger partial charge in [0.15, 0.2) is 17.2 Å². The van der Waals surface area contributed by atoms with Gasteiger partial charge in [-0.05, 0) is 55.6 Å². The van der Waals surface area contributed by atoms with E-state index in [1.807, 2.05) is 24.3 Å². The number of halogens is 1. The predicted octanol–water partition coefficient (Wildman–Crippen LogP) is 4.18. The molecule has 1 aliphatic heterocycles. The van der Waals surface area contributed by atoms with Gasteiger partial charge >= 0.3 is 0 Å². The minimum Gasteiger partial charge on any atom is -0.497 e. The first-order chi connectivity index (χ1) is 19.6. The molecule has 2 aliphatic rings. The number of nitrogens with one attached hydrogen (secondary N) is 2. The van der Waals surface area contributed by atoms with Crippen LogP contribution in [-0.2, 0) is 6.54 Å². The number of nitrogens with zero attached hydrogens (tertiary/aromatic N) is 7. The van der Waals surface area contributed by atoms with Crippen LogP contribution in [0.25, 0.3) is 5.65 Å². The molecule has 11 nitrogen and oxygen atoms in total. The van der Waals surface area contributed by atoms with Crippen molar-refractivity contribution >= 4 is 34.7 Å². The normalized spacial score (nSPS) is 16.4. The number of anilines is 3. The lowest BCUT2D eigenvalue weighted by atomic mass is 10.2. The maximum absolute atomic E-state index is 9.73. The number of aromatic nitrogens is 4. The lowest BCUT2D eigenvalue weighted by Gasteiger charge is -2.24. The Morgan fingerprint density at radius 2 is 2.00 bits per heavy atom. The summed E-state index contributed by atoms with van der Waals surface area (Å²) in [6, 6.07) is 15.8. The van der Waals surface area contributed by atoms with Crippen LogP contribution >= 0.6 is 11.6 Å². The molecule has 1 saturated carbocycles. The Morgan fingerprint density at radius 3 is 2.67 bits per heavy atom. The molecule has 0 amide bonds. The number of hydrogen-bond acceptors (Lipinski definition) is 10. The summed E-state index contributed by atoms with van der Waals surface area (Å²) < 4.78 is 12.9. The summed E-state index contributed by atoms with van der Waals surface area (Å²) in [6.45, 7) is 2.16. The molecule has 202 valence electrons. The summed E-state index contributed by atoms with van der Waals surface area (Å²) in [7, 11) is 1.64. The second-order valence-electron chi connectivity index (χ2n) is 9.76. The molecule has 1 unspecified atom stereocenters. The van der Waals surface area contributed by atoms with Crippen molar-refractivity contribution in [2.75, 3.05) is 30.4 Å². The molecule has 40 heavy (non-hydrogen) atoms. The first-order valence-electron chi connectivity index (χ1n) is 13.0. The van der Waals surface area contributed by atoms with E-state index >= 15 is 0 Å². The van der Waals surface area contributed by atoms with Crippen LogP contribution in [0.2, 0.25) is 5.02 Å². The standard InChI is InChI=1S/C28H26ClN9O2/c1-39-21-6-2-17(3-7-21)16-37(19-4-5-19)27-26-33-14-20(13-31)38(26)36-28(35-27)34-23-10-18(12-30)11-24(25(23)29)40-22-8-9-32-15-22/h2-3,6-7,10-11,14,19,22,32H,4-5,8-9,15-16H2,1H3,(H,34,36). The van der Waals surface area contributed by atoms with Gasteiger partial charge in [-0.15, -0.1) is 5.10 Å². The van der Waals surface area contributed by atoms with E-state index in [2.05, 4.69) is 37.8 Å². The van der Waals surface area contributed by atoms with Crippen molar-refractivity contribution in [1.82, 2.24) is 24.9 Å². The molecule has 1 atom stereocenters. The quantitative estimate of drug-likeness (QED) is 0.309. The van der Waals surface area contributed by atoms with Gasteiger partial charge in [-0.2, -0.15) is 20.0 Å². The van der Waals surface area contributed by atoms with Crippen molar-refractivity contribution in [3.05, 3.63) is 64.4 Å². The molecule has 1 saturated heterocycles. The molecule has 0 bridgehead atoms. The zero-order chi connectivity index (χ0) is 27.6. The zero-order valence-corrected chi connectivity index (χ0v) is 22.5. The third-order valence-corrected chi connectivity index (χ3v) is 7.34. The van der Waals surface area contributed by atoms with Gasteiger partial charge in [-0.3, -0.25) is 0 Å². The van der Waals surface area contributed by atoms with Crippen molar-refractivity contribution in [3.8, 4) is 23.6 Å². The van der Waals surface area contributed by atoms with Gasteiger partial charge in [0, 0.05) is 19.1 Å². The van der Waals surface area contributed by atoms with Gasteiger partial charge in [0.05, 0.1) is 30.6 Å². The van der Waals surface area contributed by atoms with E-state index in [4.69, 9.17) is 26.1 Å². The average molecular weight is 556 g/mol. The highest BCUT2D eigenvalue weighted by molar-refractivity contribution is 6.34. The maximum Gasteiger partial charge on any atom is 0.247 e. The summed E-state index contributed by atoms with van der Waals surface area (Å²) in [5.74, 6) is 2.01. The molecule has 0 radical (unpaired) electrons. The molecule has 6 rings (SSSR count). The molecule has 2 N–H and O–H groups in total. The van der Waals surface area contributed by atoms with E-state index in [0.717, 1.165) is 37.1 Å². The van der Waals surface area contributed by atoms with Gasteiger partial charge in [0.2, 0.25) is 5.95 Å². The Balaban J connectivity index is 1.39. The highest BCUT2D eigenvalue weighted by Crippen LogP contribution is 2.38. The predicted molar refractivity (Wildman–Crippen MR) is 149 cm³/mol. The number of nitriles is 2. The van der Waals surface area contributed by atoms with Gasteiger partial charge in [-0.1, -0.05) is 23.7 Å². The summed E-state index contributed by atoms with van der Waals surface area (Å²) in [4.78, 5) is 11.5. The lowest BCUT2D eigenvalue weighted by molar-refractivity contribution is 0.223. The number of rotatable bonds is 9. The van der Waals surface area contributed by atoms with E-state index < -0.39 is 0 Å². The van der Waals surface area contributed by atoms with E-state index in [0.29, 0.717) is 46.6 Å². The Bertz CT molecular complexity index is 1630. The Kier molecular flexibility index (Phi) is 6.99. The molecule has 3 heterocycles. The second-order valence-corrected chi connectivity index (χ2v) is 10.1. The van der Waals surface area contributed by atoms with Crippen molar-refractivity contribution in [1.29, 1.82) is 10.5 Å². The summed E-state index contributed by atoms with van der Waals surface area (Å²) in [6.07, 6.45) is 4.34. The third kappa shape index (κ3) is 5.17. The highest BCUT2D eigenvalue weighted by atomic mass is 35.5. The summed E-state index contributed by atoms with van der Waals surface area (Å²) >= 11 is 6.75. The molecule has 0 spiro atoms. The summed E-state index contributed by atoms with van der Waals surface area (Å²) in [5, 5.41) is 30.7. The van der Waals surface area contributed by atoms with Crippen LogP contribution in [0.1, 0.15) is 36.1 Å². The van der Waals surface area contributed by atoms with Crippen LogP contribution in [0.3, 0.4) is 0 Å². The zero-order valence-electron chi connectivity index (χ0n) is 21.8. The molecular formula is C28H26ClN9O2. The van der Waals surface area contributed by atoms with Crippen molar-refractivity contribution < 1.29 is 9.47 Å². The van der Waals surface area contributed by atoms with Crippen LogP contribution < -0.4 is 25.0 Å². The first-order valence-corrected chi connectivity index (χ1v) is 13.4. The Morgan fingerprint density at radius 1 is 1.18 bits per heavy atom. The summed E-state index contributed by atoms with van der Waals surface area (Å²) in [5.41, 5.74) is 2.65. The van der Waals surface area contributed by atoms with Gasteiger partial charge < -0.3 is 25.0 Å². The Hall–Kier alpha value is -4.58. The highest BCUT2D eigenvalue weighted by Gasteiger charge is 2.33. The third-order valence-electron chi connectivity index (χ3n) is 6.95. The van der Waals surface area contributed by atoms with E-state index in [9.17, 15) is 10.5 Å². The topological polar surface area (TPSA) is 136 Å². The van der Waals surface area contributed by atoms with Crippen molar-refractivity contribution in [3.63, 3.8) is 0 Å². The van der Waals surface area contributed by atoms with Gasteiger partial charge in [0.25, 0.3) is 0 Å². The molecular weight excluding hydrogens is 530 g/mol. The van der Waals surface area contributed by atoms with Crippen LogP contribution in [0.5, 0.6) is 11.5 Å².